The maximum atomic E-state index is 13.5. The molecule has 1 aromatic carbocycles. The molecule has 0 aliphatic carbocycles. The molecule has 0 saturated heterocycles. The van der Waals surface area contributed by atoms with Gasteiger partial charge in [0, 0.05) is 17.0 Å². The van der Waals surface area contributed by atoms with Crippen molar-refractivity contribution in [2.75, 3.05) is 7.05 Å². The SMILES string of the molecule is CNCc1cc(-c2sccc2C)ccc1F. The summed E-state index contributed by atoms with van der Waals surface area (Å²) >= 11 is 1.69. The van der Waals surface area contributed by atoms with Gasteiger partial charge in [-0.15, -0.1) is 11.3 Å². The lowest BCUT2D eigenvalue weighted by Crippen LogP contribution is -2.06. The van der Waals surface area contributed by atoms with Crippen LogP contribution in [-0.2, 0) is 6.54 Å². The lowest BCUT2D eigenvalue weighted by molar-refractivity contribution is 0.601. The van der Waals surface area contributed by atoms with Gasteiger partial charge in [-0.2, -0.15) is 0 Å². The Kier molecular flexibility index (Phi) is 3.36. The Morgan fingerprint density at radius 3 is 2.75 bits per heavy atom. The molecular weight excluding hydrogens is 221 g/mol. The molecule has 1 N–H and O–H groups in total. The molecule has 1 aromatic heterocycles. The van der Waals surface area contributed by atoms with Crippen molar-refractivity contribution in [2.45, 2.75) is 13.5 Å². The van der Waals surface area contributed by atoms with Gasteiger partial charge in [-0.25, -0.2) is 4.39 Å². The maximum absolute atomic E-state index is 13.5. The molecule has 16 heavy (non-hydrogen) atoms. The van der Waals surface area contributed by atoms with E-state index in [1.54, 1.807) is 17.4 Å². The van der Waals surface area contributed by atoms with Crippen molar-refractivity contribution in [2.24, 2.45) is 0 Å². The molecule has 0 unspecified atom stereocenters. The fourth-order valence-corrected chi connectivity index (χ4v) is 2.64. The van der Waals surface area contributed by atoms with Crippen molar-refractivity contribution in [1.29, 1.82) is 0 Å². The second-order valence-electron chi connectivity index (χ2n) is 3.77. The van der Waals surface area contributed by atoms with Crippen LogP contribution in [0.15, 0.2) is 29.6 Å². The van der Waals surface area contributed by atoms with Crippen molar-refractivity contribution in [1.82, 2.24) is 5.32 Å². The van der Waals surface area contributed by atoms with Crippen molar-refractivity contribution in [3.05, 3.63) is 46.6 Å². The van der Waals surface area contributed by atoms with Crippen LogP contribution in [0.3, 0.4) is 0 Å². The normalized spacial score (nSPS) is 10.7. The van der Waals surface area contributed by atoms with Crippen molar-refractivity contribution >= 4 is 11.3 Å². The average Bonchev–Trinajstić information content (AvgIpc) is 2.68. The molecule has 0 fully saturated rings. The molecule has 0 aliphatic heterocycles. The molecule has 2 aromatic rings. The van der Waals surface area contributed by atoms with E-state index in [9.17, 15) is 4.39 Å². The van der Waals surface area contributed by atoms with E-state index in [1.807, 2.05) is 19.2 Å². The van der Waals surface area contributed by atoms with Crippen LogP contribution in [0.2, 0.25) is 0 Å². The van der Waals surface area contributed by atoms with E-state index in [4.69, 9.17) is 0 Å². The Hall–Kier alpha value is -1.19. The predicted molar refractivity (Wildman–Crippen MR) is 67.2 cm³/mol. The third kappa shape index (κ3) is 2.15. The molecule has 0 spiro atoms. The summed E-state index contributed by atoms with van der Waals surface area (Å²) in [5.74, 6) is -0.146. The Bertz CT molecular complexity index is 490. The molecule has 84 valence electrons. The Labute approximate surface area is 98.9 Å². The third-order valence-corrected chi connectivity index (χ3v) is 3.60. The fourth-order valence-electron chi connectivity index (χ4n) is 1.71. The van der Waals surface area contributed by atoms with Crippen LogP contribution in [0.5, 0.6) is 0 Å². The van der Waals surface area contributed by atoms with E-state index < -0.39 is 0 Å². The van der Waals surface area contributed by atoms with Gasteiger partial charge in [-0.05, 0) is 48.7 Å². The van der Waals surface area contributed by atoms with Crippen LogP contribution in [0.1, 0.15) is 11.1 Å². The van der Waals surface area contributed by atoms with Gasteiger partial charge < -0.3 is 5.32 Å². The largest absolute Gasteiger partial charge is 0.316 e. The summed E-state index contributed by atoms with van der Waals surface area (Å²) in [5.41, 5.74) is 3.05. The molecule has 1 heterocycles. The zero-order chi connectivity index (χ0) is 11.5. The predicted octanol–water partition coefficient (Wildman–Crippen LogP) is 3.58. The van der Waals surface area contributed by atoms with Gasteiger partial charge in [0.15, 0.2) is 0 Å². The molecule has 3 heteroatoms. The first-order valence-corrected chi connectivity index (χ1v) is 6.08. The summed E-state index contributed by atoms with van der Waals surface area (Å²) in [6, 6.07) is 7.39. The summed E-state index contributed by atoms with van der Waals surface area (Å²) < 4.78 is 13.5. The third-order valence-electron chi connectivity index (χ3n) is 2.54. The van der Waals surface area contributed by atoms with Crippen LogP contribution in [0.25, 0.3) is 10.4 Å². The second kappa shape index (κ2) is 4.76. The number of halogens is 1. The summed E-state index contributed by atoms with van der Waals surface area (Å²) in [6.45, 7) is 2.64. The van der Waals surface area contributed by atoms with E-state index in [-0.39, 0.29) is 5.82 Å². The highest BCUT2D eigenvalue weighted by atomic mass is 32.1. The minimum atomic E-state index is -0.146. The molecule has 1 nitrogen and oxygen atoms in total. The Balaban J connectivity index is 2.43. The van der Waals surface area contributed by atoms with Crippen LogP contribution >= 0.6 is 11.3 Å². The first kappa shape index (κ1) is 11.3. The molecule has 0 radical (unpaired) electrons. The highest BCUT2D eigenvalue weighted by molar-refractivity contribution is 7.13. The first-order chi connectivity index (χ1) is 7.72. The zero-order valence-electron chi connectivity index (χ0n) is 9.38. The van der Waals surface area contributed by atoms with Crippen molar-refractivity contribution < 1.29 is 4.39 Å². The number of rotatable bonds is 3. The van der Waals surface area contributed by atoms with Gasteiger partial charge in [0.2, 0.25) is 0 Å². The molecular formula is C13H14FNS. The number of nitrogens with one attached hydrogen (secondary N) is 1. The minimum absolute atomic E-state index is 0.146. The highest BCUT2D eigenvalue weighted by Crippen LogP contribution is 2.30. The van der Waals surface area contributed by atoms with Gasteiger partial charge in [-0.1, -0.05) is 6.07 Å². The summed E-state index contributed by atoms with van der Waals surface area (Å²) in [4.78, 5) is 1.22. The van der Waals surface area contributed by atoms with Crippen molar-refractivity contribution in [3.63, 3.8) is 0 Å². The van der Waals surface area contributed by atoms with Gasteiger partial charge in [0.1, 0.15) is 5.82 Å². The summed E-state index contributed by atoms with van der Waals surface area (Å²) in [7, 11) is 1.82. The van der Waals surface area contributed by atoms with E-state index in [0.717, 1.165) is 5.56 Å². The van der Waals surface area contributed by atoms with E-state index >= 15 is 0 Å². The van der Waals surface area contributed by atoms with Gasteiger partial charge >= 0.3 is 0 Å². The lowest BCUT2D eigenvalue weighted by Gasteiger charge is -2.06. The standard InChI is InChI=1S/C13H14FNS/c1-9-5-6-16-13(9)10-3-4-12(14)11(7-10)8-15-2/h3-7,15H,8H2,1-2H3. The molecule has 0 bridgehead atoms. The van der Waals surface area contributed by atoms with Crippen LogP contribution in [0.4, 0.5) is 4.39 Å². The van der Waals surface area contributed by atoms with Gasteiger partial charge in [-0.3, -0.25) is 0 Å². The molecule has 0 atom stereocenters. The second-order valence-corrected chi connectivity index (χ2v) is 4.69. The van der Waals surface area contributed by atoms with Gasteiger partial charge in [0.05, 0.1) is 0 Å². The van der Waals surface area contributed by atoms with E-state index in [1.165, 1.54) is 10.4 Å². The maximum Gasteiger partial charge on any atom is 0.127 e. The quantitative estimate of drug-likeness (QED) is 0.857. The number of aryl methyl sites for hydroxylation is 1. The van der Waals surface area contributed by atoms with Crippen LogP contribution in [0, 0.1) is 12.7 Å². The highest BCUT2D eigenvalue weighted by Gasteiger charge is 2.07. The van der Waals surface area contributed by atoms with Crippen LogP contribution in [-0.4, -0.2) is 7.05 Å². The van der Waals surface area contributed by atoms with Crippen molar-refractivity contribution in [3.8, 4) is 10.4 Å². The Morgan fingerprint density at radius 1 is 1.31 bits per heavy atom. The van der Waals surface area contributed by atoms with E-state index in [0.29, 0.717) is 12.1 Å². The molecule has 2 rings (SSSR count). The average molecular weight is 235 g/mol. The number of benzene rings is 1. The topological polar surface area (TPSA) is 12.0 Å². The number of hydrogen-bond donors (Lipinski definition) is 1. The fraction of sp³-hybridized carbons (Fsp3) is 0.231. The van der Waals surface area contributed by atoms with Crippen LogP contribution < -0.4 is 5.32 Å². The number of thiophene rings is 1. The summed E-state index contributed by atoms with van der Waals surface area (Å²) in [5, 5.41) is 5.04. The smallest absolute Gasteiger partial charge is 0.127 e. The lowest BCUT2D eigenvalue weighted by atomic mass is 10.1. The molecule has 0 aliphatic rings. The summed E-state index contributed by atoms with van der Waals surface area (Å²) in [6.07, 6.45) is 0. The van der Waals surface area contributed by atoms with Gasteiger partial charge in [0.25, 0.3) is 0 Å². The van der Waals surface area contributed by atoms with E-state index in [2.05, 4.69) is 23.7 Å². The monoisotopic (exact) mass is 235 g/mol. The number of hydrogen-bond acceptors (Lipinski definition) is 2. The molecule has 0 amide bonds. The zero-order valence-corrected chi connectivity index (χ0v) is 10.2. The first-order valence-electron chi connectivity index (χ1n) is 5.20. The Morgan fingerprint density at radius 2 is 2.12 bits per heavy atom. The minimum Gasteiger partial charge on any atom is -0.316 e. The molecule has 0 saturated carbocycles.